The summed E-state index contributed by atoms with van der Waals surface area (Å²) < 4.78 is 13.2. The van der Waals surface area contributed by atoms with E-state index in [2.05, 4.69) is 15.3 Å². The quantitative estimate of drug-likeness (QED) is 0.889. The zero-order valence-corrected chi connectivity index (χ0v) is 10.9. The normalized spacial score (nSPS) is 12.2. The number of hydrogen-bond donors (Lipinski definition) is 2. The third-order valence-corrected chi connectivity index (χ3v) is 2.84. The first-order valence-corrected chi connectivity index (χ1v) is 6.20. The van der Waals surface area contributed by atoms with Gasteiger partial charge in [-0.05, 0) is 24.6 Å². The third kappa shape index (κ3) is 3.40. The van der Waals surface area contributed by atoms with Gasteiger partial charge >= 0.3 is 0 Å². The van der Waals surface area contributed by atoms with Crippen LogP contribution < -0.4 is 10.9 Å². The molecule has 2 aromatic rings. The average Bonchev–Trinajstić information content (AvgIpc) is 2.38. The molecule has 0 saturated heterocycles. The van der Waals surface area contributed by atoms with Crippen molar-refractivity contribution in [2.75, 3.05) is 5.32 Å². The second-order valence-electron chi connectivity index (χ2n) is 4.35. The predicted molar refractivity (Wildman–Crippen MR) is 72.7 cm³/mol. The highest BCUT2D eigenvalue weighted by Crippen LogP contribution is 2.17. The number of rotatable bonds is 4. The molecule has 0 bridgehead atoms. The predicted octanol–water partition coefficient (Wildman–Crippen LogP) is 2.64. The molecule has 0 spiro atoms. The van der Waals surface area contributed by atoms with Crippen LogP contribution in [0.2, 0.25) is 0 Å². The number of nitrogens with zero attached hydrogens (tertiary/aromatic N) is 1. The van der Waals surface area contributed by atoms with Crippen molar-refractivity contribution in [1.29, 1.82) is 0 Å². The van der Waals surface area contributed by atoms with E-state index in [-0.39, 0.29) is 17.4 Å². The van der Waals surface area contributed by atoms with E-state index in [1.807, 2.05) is 19.9 Å². The third-order valence-electron chi connectivity index (χ3n) is 2.84. The van der Waals surface area contributed by atoms with Gasteiger partial charge in [-0.15, -0.1) is 0 Å². The summed E-state index contributed by atoms with van der Waals surface area (Å²) in [6.45, 7) is 3.81. The molecular formula is C14H16FN3O. The molecule has 0 amide bonds. The van der Waals surface area contributed by atoms with Gasteiger partial charge in [0, 0.05) is 12.5 Å². The lowest BCUT2D eigenvalue weighted by atomic mass is 10.1. The Balaban J connectivity index is 2.21. The SMILES string of the molecule is CCc1nc(NC(C)c2cccc(F)c2)cc(=O)[nH]1. The number of aromatic nitrogens is 2. The Morgan fingerprint density at radius 1 is 1.42 bits per heavy atom. The van der Waals surface area contributed by atoms with Gasteiger partial charge in [-0.25, -0.2) is 9.37 Å². The molecule has 1 aromatic heterocycles. The van der Waals surface area contributed by atoms with Crippen LogP contribution >= 0.6 is 0 Å². The minimum atomic E-state index is -0.278. The second-order valence-corrected chi connectivity index (χ2v) is 4.35. The summed E-state index contributed by atoms with van der Waals surface area (Å²) in [5.74, 6) is 0.845. The molecule has 1 heterocycles. The van der Waals surface area contributed by atoms with E-state index in [0.29, 0.717) is 18.1 Å². The Labute approximate surface area is 110 Å². The Morgan fingerprint density at radius 2 is 2.21 bits per heavy atom. The molecule has 1 unspecified atom stereocenters. The highest BCUT2D eigenvalue weighted by Gasteiger charge is 2.08. The number of benzene rings is 1. The largest absolute Gasteiger partial charge is 0.363 e. The van der Waals surface area contributed by atoms with E-state index in [0.717, 1.165) is 5.56 Å². The Kier molecular flexibility index (Phi) is 3.94. The molecule has 2 N–H and O–H groups in total. The topological polar surface area (TPSA) is 57.8 Å². The van der Waals surface area contributed by atoms with Gasteiger partial charge in [-0.1, -0.05) is 19.1 Å². The maximum absolute atomic E-state index is 13.2. The monoisotopic (exact) mass is 261 g/mol. The number of halogens is 1. The number of hydrogen-bond acceptors (Lipinski definition) is 3. The fourth-order valence-electron chi connectivity index (χ4n) is 1.83. The number of H-pyrrole nitrogens is 1. The van der Waals surface area contributed by atoms with Crippen molar-refractivity contribution < 1.29 is 4.39 Å². The highest BCUT2D eigenvalue weighted by atomic mass is 19.1. The van der Waals surface area contributed by atoms with Crippen LogP contribution in [0.3, 0.4) is 0 Å². The molecule has 2 rings (SSSR count). The molecule has 4 nitrogen and oxygen atoms in total. The van der Waals surface area contributed by atoms with Crippen LogP contribution in [0.5, 0.6) is 0 Å². The van der Waals surface area contributed by atoms with Gasteiger partial charge in [0.25, 0.3) is 5.56 Å². The van der Waals surface area contributed by atoms with Crippen LogP contribution in [0.1, 0.15) is 31.3 Å². The van der Waals surface area contributed by atoms with E-state index in [9.17, 15) is 9.18 Å². The van der Waals surface area contributed by atoms with Crippen molar-refractivity contribution in [3.8, 4) is 0 Å². The molecule has 19 heavy (non-hydrogen) atoms. The zero-order valence-electron chi connectivity index (χ0n) is 10.9. The molecule has 0 fully saturated rings. The maximum Gasteiger partial charge on any atom is 0.252 e. The molecule has 0 aliphatic heterocycles. The molecule has 0 saturated carbocycles. The van der Waals surface area contributed by atoms with Gasteiger partial charge in [0.15, 0.2) is 0 Å². The van der Waals surface area contributed by atoms with Crippen LogP contribution in [0.25, 0.3) is 0 Å². The zero-order chi connectivity index (χ0) is 13.8. The van der Waals surface area contributed by atoms with Gasteiger partial charge < -0.3 is 10.3 Å². The summed E-state index contributed by atoms with van der Waals surface area (Å²) >= 11 is 0. The van der Waals surface area contributed by atoms with Crippen molar-refractivity contribution >= 4 is 5.82 Å². The van der Waals surface area contributed by atoms with Gasteiger partial charge in [0.2, 0.25) is 0 Å². The van der Waals surface area contributed by atoms with E-state index in [4.69, 9.17) is 0 Å². The number of aromatic amines is 1. The summed E-state index contributed by atoms with van der Waals surface area (Å²) in [4.78, 5) is 18.4. The molecule has 100 valence electrons. The Bertz CT molecular complexity index is 624. The second kappa shape index (κ2) is 5.65. The fourth-order valence-corrected chi connectivity index (χ4v) is 1.83. The van der Waals surface area contributed by atoms with Gasteiger partial charge in [-0.2, -0.15) is 0 Å². The lowest BCUT2D eigenvalue weighted by Gasteiger charge is -2.15. The van der Waals surface area contributed by atoms with E-state index < -0.39 is 0 Å². The van der Waals surface area contributed by atoms with Crippen LogP contribution in [-0.2, 0) is 6.42 Å². The van der Waals surface area contributed by atoms with Gasteiger partial charge in [0.05, 0.1) is 6.04 Å². The summed E-state index contributed by atoms with van der Waals surface area (Å²) in [6.07, 6.45) is 0.652. The van der Waals surface area contributed by atoms with Crippen molar-refractivity contribution in [3.05, 3.63) is 57.9 Å². The van der Waals surface area contributed by atoms with Crippen molar-refractivity contribution in [1.82, 2.24) is 9.97 Å². The Hall–Kier alpha value is -2.17. The van der Waals surface area contributed by atoms with Gasteiger partial charge in [-0.3, -0.25) is 4.79 Å². The standard InChI is InChI=1S/C14H16FN3O/c1-3-12-17-13(8-14(19)18-12)16-9(2)10-5-4-6-11(15)7-10/h4-9H,3H2,1-2H3,(H2,16,17,18,19). The lowest BCUT2D eigenvalue weighted by molar-refractivity contribution is 0.623. The molecule has 0 aliphatic carbocycles. The average molecular weight is 261 g/mol. The maximum atomic E-state index is 13.2. The molecule has 5 heteroatoms. The lowest BCUT2D eigenvalue weighted by Crippen LogP contribution is -2.15. The smallest absolute Gasteiger partial charge is 0.252 e. The summed E-state index contributed by atoms with van der Waals surface area (Å²) in [7, 11) is 0. The fraction of sp³-hybridized carbons (Fsp3) is 0.286. The molecule has 1 aromatic carbocycles. The van der Waals surface area contributed by atoms with Crippen LogP contribution in [0, 0.1) is 5.82 Å². The number of aryl methyl sites for hydroxylation is 1. The first-order valence-electron chi connectivity index (χ1n) is 6.20. The molecule has 0 radical (unpaired) electrons. The van der Waals surface area contributed by atoms with Gasteiger partial charge in [0.1, 0.15) is 17.5 Å². The minimum Gasteiger partial charge on any atom is -0.363 e. The summed E-state index contributed by atoms with van der Waals surface area (Å²) in [5, 5.41) is 3.10. The molecular weight excluding hydrogens is 245 g/mol. The van der Waals surface area contributed by atoms with Crippen molar-refractivity contribution in [2.45, 2.75) is 26.3 Å². The van der Waals surface area contributed by atoms with Crippen LogP contribution in [0.4, 0.5) is 10.2 Å². The van der Waals surface area contributed by atoms with Crippen LogP contribution in [0.15, 0.2) is 35.1 Å². The molecule has 0 aliphatic rings. The first-order chi connectivity index (χ1) is 9.08. The first kappa shape index (κ1) is 13.3. The van der Waals surface area contributed by atoms with Crippen molar-refractivity contribution in [3.63, 3.8) is 0 Å². The van der Waals surface area contributed by atoms with E-state index >= 15 is 0 Å². The van der Waals surface area contributed by atoms with Crippen LogP contribution in [-0.4, -0.2) is 9.97 Å². The van der Waals surface area contributed by atoms with E-state index in [1.165, 1.54) is 18.2 Å². The highest BCUT2D eigenvalue weighted by molar-refractivity contribution is 5.37. The summed E-state index contributed by atoms with van der Waals surface area (Å²) in [6, 6.07) is 7.62. The Morgan fingerprint density at radius 3 is 2.89 bits per heavy atom. The molecule has 1 atom stereocenters. The number of nitrogens with one attached hydrogen (secondary N) is 2. The minimum absolute atomic E-state index is 0.130. The van der Waals surface area contributed by atoms with E-state index in [1.54, 1.807) is 6.07 Å². The number of anilines is 1. The summed E-state index contributed by atoms with van der Waals surface area (Å²) in [5.41, 5.74) is 0.612. The van der Waals surface area contributed by atoms with Crippen molar-refractivity contribution in [2.24, 2.45) is 0 Å².